The minimum Gasteiger partial charge on any atom is -0.406 e. The Hall–Kier alpha value is -2.32. The summed E-state index contributed by atoms with van der Waals surface area (Å²) in [6.07, 6.45) is -1.54. The van der Waals surface area contributed by atoms with Crippen LogP contribution in [0.15, 0.2) is 46.1 Å². The van der Waals surface area contributed by atoms with Crippen LogP contribution in [0, 0.1) is 6.92 Å². The Labute approximate surface area is 159 Å². The van der Waals surface area contributed by atoms with Gasteiger partial charge in [-0.3, -0.25) is 4.99 Å². The molecule has 2 aromatic rings. The molecule has 8 heteroatoms. The van der Waals surface area contributed by atoms with Crippen molar-refractivity contribution in [1.29, 1.82) is 0 Å². The molecule has 1 aromatic carbocycles. The normalized spacial score (nSPS) is 18.4. The smallest absolute Gasteiger partial charge is 0.406 e. The Balaban J connectivity index is 1.94. The van der Waals surface area contributed by atoms with Gasteiger partial charge in [-0.25, -0.2) is 0 Å². The van der Waals surface area contributed by atoms with E-state index in [9.17, 15) is 18.3 Å². The number of aliphatic hydroxyl groups excluding tert-OH is 1. The molecule has 0 saturated carbocycles. The van der Waals surface area contributed by atoms with Crippen LogP contribution in [-0.4, -0.2) is 35.2 Å². The highest BCUT2D eigenvalue weighted by atomic mass is 32.1. The molecular formula is C19H19F3N2O2S. The van der Waals surface area contributed by atoms with E-state index in [0.717, 1.165) is 16.8 Å². The number of halogens is 3. The first-order valence-corrected chi connectivity index (χ1v) is 9.26. The molecule has 0 aliphatic carbocycles. The lowest BCUT2D eigenvalue weighted by Gasteiger charge is -2.39. The summed E-state index contributed by atoms with van der Waals surface area (Å²) in [6, 6.07) is 5.47. The lowest BCUT2D eigenvalue weighted by atomic mass is 10.0. The summed E-state index contributed by atoms with van der Waals surface area (Å²) in [5.74, 6) is -0.275. The van der Waals surface area contributed by atoms with Crippen molar-refractivity contribution in [3.05, 3.63) is 57.8 Å². The second kappa shape index (κ2) is 7.74. The van der Waals surface area contributed by atoms with E-state index in [0.29, 0.717) is 5.56 Å². The van der Waals surface area contributed by atoms with Gasteiger partial charge in [0.25, 0.3) is 0 Å². The fourth-order valence-corrected chi connectivity index (χ4v) is 3.85. The van der Waals surface area contributed by atoms with Gasteiger partial charge in [-0.15, -0.1) is 13.2 Å². The molecule has 4 nitrogen and oxygen atoms in total. The first kappa shape index (κ1) is 19.4. The van der Waals surface area contributed by atoms with Crippen LogP contribution < -0.4 is 4.74 Å². The number of aliphatic imine (C=N–C) groups is 1. The van der Waals surface area contributed by atoms with Crippen LogP contribution >= 0.6 is 11.3 Å². The van der Waals surface area contributed by atoms with Gasteiger partial charge in [0.1, 0.15) is 11.9 Å². The molecule has 1 N–H and O–H groups in total. The van der Waals surface area contributed by atoms with Crippen molar-refractivity contribution in [2.45, 2.75) is 32.4 Å². The molecule has 144 valence electrons. The fourth-order valence-electron chi connectivity index (χ4n) is 2.99. The highest BCUT2D eigenvalue weighted by Gasteiger charge is 2.32. The maximum Gasteiger partial charge on any atom is 0.573 e. The minimum atomic E-state index is -4.72. The van der Waals surface area contributed by atoms with Gasteiger partial charge in [0.05, 0.1) is 12.6 Å². The predicted molar refractivity (Wildman–Crippen MR) is 99.8 cm³/mol. The van der Waals surface area contributed by atoms with E-state index in [1.54, 1.807) is 35.8 Å². The van der Waals surface area contributed by atoms with Gasteiger partial charge in [0.15, 0.2) is 0 Å². The summed E-state index contributed by atoms with van der Waals surface area (Å²) in [6.45, 7) is 3.80. The highest BCUT2D eigenvalue weighted by Crippen LogP contribution is 2.38. The maximum absolute atomic E-state index is 12.4. The number of alkyl halides is 3. The molecule has 1 aromatic heterocycles. The number of hydrogen-bond donors (Lipinski definition) is 1. The summed E-state index contributed by atoms with van der Waals surface area (Å²) in [7, 11) is 0. The van der Waals surface area contributed by atoms with E-state index in [-0.39, 0.29) is 24.6 Å². The molecule has 0 fully saturated rings. The maximum atomic E-state index is 12.4. The van der Waals surface area contributed by atoms with Crippen molar-refractivity contribution < 1.29 is 23.0 Å². The van der Waals surface area contributed by atoms with Crippen LogP contribution in [0.4, 0.5) is 13.2 Å². The molecule has 2 heterocycles. The average Bonchev–Trinajstić information content (AvgIpc) is 3.05. The predicted octanol–water partition coefficient (Wildman–Crippen LogP) is 4.76. The largest absolute Gasteiger partial charge is 0.573 e. The summed E-state index contributed by atoms with van der Waals surface area (Å²) in [5, 5.41) is 13.8. The molecule has 0 saturated heterocycles. The lowest BCUT2D eigenvalue weighted by Crippen LogP contribution is -2.38. The topological polar surface area (TPSA) is 45.1 Å². The van der Waals surface area contributed by atoms with Gasteiger partial charge in [-0.05, 0) is 66.1 Å². The van der Waals surface area contributed by atoms with E-state index in [1.807, 2.05) is 29.5 Å². The number of allylic oxidation sites excluding steroid dienone is 1. The van der Waals surface area contributed by atoms with E-state index in [4.69, 9.17) is 0 Å². The number of ether oxygens (including phenoxy) is 1. The number of nitrogens with zero attached hydrogens (tertiary/aromatic N) is 2. The molecular weight excluding hydrogens is 377 g/mol. The Morgan fingerprint density at radius 1 is 1.26 bits per heavy atom. The average molecular weight is 396 g/mol. The Morgan fingerprint density at radius 3 is 2.52 bits per heavy atom. The number of benzene rings is 1. The number of thiophene rings is 1. The molecule has 0 spiro atoms. The molecule has 2 atom stereocenters. The van der Waals surface area contributed by atoms with Gasteiger partial charge in [0, 0.05) is 17.5 Å². The van der Waals surface area contributed by atoms with Crippen molar-refractivity contribution in [2.75, 3.05) is 6.61 Å². The molecule has 3 rings (SSSR count). The first-order chi connectivity index (χ1) is 12.8. The Bertz CT molecular complexity index is 843. The van der Waals surface area contributed by atoms with Crippen molar-refractivity contribution in [3.8, 4) is 5.75 Å². The Kier molecular flexibility index (Phi) is 5.57. The van der Waals surface area contributed by atoms with Gasteiger partial charge >= 0.3 is 6.36 Å². The number of hydrogen-bond acceptors (Lipinski definition) is 5. The second-order valence-corrected chi connectivity index (χ2v) is 6.99. The van der Waals surface area contributed by atoms with Crippen LogP contribution in [0.2, 0.25) is 0 Å². The molecule has 0 radical (unpaired) electrons. The van der Waals surface area contributed by atoms with E-state index in [2.05, 4.69) is 9.73 Å². The van der Waals surface area contributed by atoms with Crippen molar-refractivity contribution in [2.24, 2.45) is 4.99 Å². The third kappa shape index (κ3) is 4.33. The third-order valence-corrected chi connectivity index (χ3v) is 5.18. The zero-order valence-electron chi connectivity index (χ0n) is 14.8. The first-order valence-electron chi connectivity index (χ1n) is 8.31. The quantitative estimate of drug-likeness (QED) is 0.792. The Morgan fingerprint density at radius 2 is 1.96 bits per heavy atom. The van der Waals surface area contributed by atoms with E-state index >= 15 is 0 Å². The van der Waals surface area contributed by atoms with Crippen LogP contribution in [0.1, 0.15) is 29.8 Å². The van der Waals surface area contributed by atoms with Crippen LogP contribution in [-0.2, 0) is 0 Å². The molecule has 27 heavy (non-hydrogen) atoms. The van der Waals surface area contributed by atoms with Crippen molar-refractivity contribution in [1.82, 2.24) is 4.90 Å². The standard InChI is InChI=1S/C19H19F3N2O2S/c1-12-10-27-11-16(12)18-23-8-7-17(24(18)13(2)9-25)14-3-5-15(6-4-14)26-19(20,21)22/h3-8,10-11,13,18,25H,9H2,1-2H3/t13-,18?/m0/s1. The second-order valence-electron chi connectivity index (χ2n) is 6.24. The molecule has 1 aliphatic rings. The van der Waals surface area contributed by atoms with E-state index in [1.165, 1.54) is 12.1 Å². The van der Waals surface area contributed by atoms with Gasteiger partial charge < -0.3 is 14.7 Å². The summed E-state index contributed by atoms with van der Waals surface area (Å²) >= 11 is 1.58. The SMILES string of the molecule is Cc1cscc1C1N=CC=C(c2ccc(OC(F)(F)F)cc2)N1[C@@H](C)CO. The number of aliphatic hydroxyl groups is 1. The third-order valence-electron chi connectivity index (χ3n) is 4.30. The fraction of sp³-hybridized carbons (Fsp3) is 0.316. The minimum absolute atomic E-state index is 0.0815. The van der Waals surface area contributed by atoms with Crippen molar-refractivity contribution in [3.63, 3.8) is 0 Å². The zero-order chi connectivity index (χ0) is 19.6. The molecule has 0 amide bonds. The van der Waals surface area contributed by atoms with Gasteiger partial charge in [-0.2, -0.15) is 11.3 Å². The number of rotatable bonds is 5. The van der Waals surface area contributed by atoms with Crippen LogP contribution in [0.5, 0.6) is 5.75 Å². The number of aryl methyl sites for hydroxylation is 1. The monoisotopic (exact) mass is 396 g/mol. The van der Waals surface area contributed by atoms with Gasteiger partial charge in [-0.1, -0.05) is 0 Å². The lowest BCUT2D eigenvalue weighted by molar-refractivity contribution is -0.274. The summed E-state index contributed by atoms with van der Waals surface area (Å²) in [5.41, 5.74) is 3.64. The molecule has 1 aliphatic heterocycles. The highest BCUT2D eigenvalue weighted by molar-refractivity contribution is 7.08. The molecule has 1 unspecified atom stereocenters. The van der Waals surface area contributed by atoms with Crippen LogP contribution in [0.3, 0.4) is 0 Å². The summed E-state index contributed by atoms with van der Waals surface area (Å²) < 4.78 is 41.0. The summed E-state index contributed by atoms with van der Waals surface area (Å²) in [4.78, 5) is 6.55. The van der Waals surface area contributed by atoms with Crippen molar-refractivity contribution >= 4 is 23.2 Å². The van der Waals surface area contributed by atoms with E-state index < -0.39 is 6.36 Å². The molecule has 0 bridgehead atoms. The van der Waals surface area contributed by atoms with Crippen LogP contribution in [0.25, 0.3) is 5.70 Å². The zero-order valence-corrected chi connectivity index (χ0v) is 15.6. The van der Waals surface area contributed by atoms with Gasteiger partial charge in [0.2, 0.25) is 0 Å².